The number of rotatable bonds is 6. The monoisotopic (exact) mass is 217 g/mol. The second-order valence-corrected chi connectivity index (χ2v) is 2.81. The van der Waals surface area contributed by atoms with Gasteiger partial charge in [0, 0.05) is 7.05 Å². The molecule has 0 saturated carbocycles. The van der Waals surface area contributed by atoms with Gasteiger partial charge in [-0.15, -0.1) is 0 Å². The molecule has 1 aromatic rings. The van der Waals surface area contributed by atoms with Gasteiger partial charge in [0.15, 0.2) is 5.69 Å². The van der Waals surface area contributed by atoms with Gasteiger partial charge in [-0.1, -0.05) is 0 Å². The summed E-state index contributed by atoms with van der Waals surface area (Å²) in [5.74, 6) is -1.08. The number of halogens is 1. The molecule has 1 heterocycles. The molecular formula is C8H12FN3O3. The highest BCUT2D eigenvalue weighted by Gasteiger charge is 2.10. The number of carboxylic acids is 1. The van der Waals surface area contributed by atoms with Crippen LogP contribution >= 0.6 is 0 Å². The van der Waals surface area contributed by atoms with E-state index in [2.05, 4.69) is 10.6 Å². The van der Waals surface area contributed by atoms with Gasteiger partial charge in [-0.25, -0.2) is 9.18 Å². The van der Waals surface area contributed by atoms with Crippen molar-refractivity contribution in [2.45, 2.75) is 6.54 Å². The molecule has 0 aliphatic heterocycles. The summed E-state index contributed by atoms with van der Waals surface area (Å²) in [5.41, 5.74) is 3.12. The highest BCUT2D eigenvalue weighted by molar-refractivity contribution is 5.85. The van der Waals surface area contributed by atoms with Crippen molar-refractivity contribution < 1.29 is 19.1 Å². The first-order valence-electron chi connectivity index (χ1n) is 4.32. The van der Waals surface area contributed by atoms with E-state index in [0.717, 1.165) is 0 Å². The van der Waals surface area contributed by atoms with E-state index in [0.29, 0.717) is 5.69 Å². The number of hydrogen-bond acceptors (Lipinski definition) is 4. The lowest BCUT2D eigenvalue weighted by Gasteiger charge is -2.03. The maximum absolute atomic E-state index is 11.6. The van der Waals surface area contributed by atoms with Crippen molar-refractivity contribution in [3.8, 4) is 0 Å². The van der Waals surface area contributed by atoms with E-state index in [4.69, 9.17) is 9.94 Å². The number of alkyl halides is 1. The number of carboxylic acid groups (broad SMARTS) is 1. The second-order valence-electron chi connectivity index (χ2n) is 2.81. The first-order chi connectivity index (χ1) is 7.15. The van der Waals surface area contributed by atoms with Crippen molar-refractivity contribution in [3.63, 3.8) is 0 Å². The van der Waals surface area contributed by atoms with E-state index in [-0.39, 0.29) is 18.8 Å². The van der Waals surface area contributed by atoms with Crippen LogP contribution in [0.15, 0.2) is 6.07 Å². The van der Waals surface area contributed by atoms with Gasteiger partial charge in [0.1, 0.15) is 6.67 Å². The van der Waals surface area contributed by atoms with Crippen LogP contribution in [0.3, 0.4) is 0 Å². The third-order valence-electron chi connectivity index (χ3n) is 1.73. The summed E-state index contributed by atoms with van der Waals surface area (Å²) in [5, 5.41) is 12.4. The largest absolute Gasteiger partial charge is 0.476 e. The minimum Gasteiger partial charge on any atom is -0.476 e. The average molecular weight is 217 g/mol. The Bertz CT molecular complexity index is 340. The molecule has 0 aromatic carbocycles. The summed E-state index contributed by atoms with van der Waals surface area (Å²) in [7, 11) is 1.62. The Labute approximate surface area is 85.6 Å². The number of aromatic carboxylic acids is 1. The minimum atomic E-state index is -1.08. The van der Waals surface area contributed by atoms with E-state index in [9.17, 15) is 9.18 Å². The molecule has 1 rings (SSSR count). The molecule has 0 aliphatic carbocycles. The molecule has 84 valence electrons. The number of nitrogens with zero attached hydrogens (tertiary/aromatic N) is 2. The number of aromatic nitrogens is 2. The van der Waals surface area contributed by atoms with E-state index in [1.54, 1.807) is 7.05 Å². The fourth-order valence-electron chi connectivity index (χ4n) is 1.01. The standard InChI is InChI=1S/C8H12FN3O3/c1-12-6(5-10-15-3-2-9)4-7(11-12)8(13)14/h4,10H,2-3,5H2,1H3,(H,13,14). The zero-order chi connectivity index (χ0) is 11.3. The Hall–Kier alpha value is -1.47. The van der Waals surface area contributed by atoms with Crippen LogP contribution < -0.4 is 5.48 Å². The van der Waals surface area contributed by atoms with Crippen LogP contribution in [0.25, 0.3) is 0 Å². The Morgan fingerprint density at radius 3 is 3.07 bits per heavy atom. The topological polar surface area (TPSA) is 76.4 Å². The summed E-state index contributed by atoms with van der Waals surface area (Å²) in [6.45, 7) is -0.334. The molecule has 0 unspecified atom stereocenters. The Morgan fingerprint density at radius 1 is 1.80 bits per heavy atom. The molecular weight excluding hydrogens is 205 g/mol. The lowest BCUT2D eigenvalue weighted by Crippen LogP contribution is -2.17. The van der Waals surface area contributed by atoms with Gasteiger partial charge in [0.2, 0.25) is 0 Å². The highest BCUT2D eigenvalue weighted by Crippen LogP contribution is 2.02. The normalized spacial score (nSPS) is 10.5. The van der Waals surface area contributed by atoms with E-state index < -0.39 is 12.6 Å². The maximum Gasteiger partial charge on any atom is 0.356 e. The summed E-state index contributed by atoms with van der Waals surface area (Å²) in [6.07, 6.45) is 0. The van der Waals surface area contributed by atoms with Gasteiger partial charge in [-0.05, 0) is 6.07 Å². The van der Waals surface area contributed by atoms with Gasteiger partial charge in [-0.2, -0.15) is 10.6 Å². The van der Waals surface area contributed by atoms with Crippen LogP contribution in [0, 0.1) is 0 Å². The van der Waals surface area contributed by atoms with Crippen LogP contribution in [0.4, 0.5) is 4.39 Å². The van der Waals surface area contributed by atoms with Crippen molar-refractivity contribution in [2.75, 3.05) is 13.3 Å². The summed E-state index contributed by atoms with van der Waals surface area (Å²) >= 11 is 0. The van der Waals surface area contributed by atoms with Crippen molar-refractivity contribution in [3.05, 3.63) is 17.5 Å². The van der Waals surface area contributed by atoms with Crippen LogP contribution in [-0.4, -0.2) is 34.1 Å². The predicted octanol–water partition coefficient (Wildman–Crippen LogP) is 0.109. The Kier molecular flexibility index (Phi) is 4.19. The highest BCUT2D eigenvalue weighted by atomic mass is 19.1. The van der Waals surface area contributed by atoms with Crippen molar-refractivity contribution in [1.82, 2.24) is 15.3 Å². The molecule has 0 fully saturated rings. The number of nitrogens with one attached hydrogen (secondary N) is 1. The Morgan fingerprint density at radius 2 is 2.53 bits per heavy atom. The molecule has 7 heteroatoms. The number of carbonyl (C=O) groups is 1. The molecule has 0 spiro atoms. The average Bonchev–Trinajstić information content (AvgIpc) is 2.55. The molecule has 2 N–H and O–H groups in total. The van der Waals surface area contributed by atoms with Crippen molar-refractivity contribution in [2.24, 2.45) is 7.05 Å². The predicted molar refractivity (Wildman–Crippen MR) is 48.9 cm³/mol. The molecule has 0 aliphatic rings. The smallest absolute Gasteiger partial charge is 0.356 e. The minimum absolute atomic E-state index is 0.0280. The molecule has 0 atom stereocenters. The van der Waals surface area contributed by atoms with Gasteiger partial charge in [-0.3, -0.25) is 9.52 Å². The fourth-order valence-corrected chi connectivity index (χ4v) is 1.01. The van der Waals surface area contributed by atoms with Crippen molar-refractivity contribution >= 4 is 5.97 Å². The lowest BCUT2D eigenvalue weighted by atomic mass is 10.3. The summed E-state index contributed by atoms with van der Waals surface area (Å²) in [6, 6.07) is 1.42. The number of hydroxylamine groups is 1. The van der Waals surface area contributed by atoms with E-state index >= 15 is 0 Å². The van der Waals surface area contributed by atoms with Crippen LogP contribution in [0.5, 0.6) is 0 Å². The first kappa shape index (κ1) is 11.6. The van der Waals surface area contributed by atoms with Crippen LogP contribution in [0.2, 0.25) is 0 Å². The van der Waals surface area contributed by atoms with Gasteiger partial charge in [0.25, 0.3) is 0 Å². The molecule has 1 aromatic heterocycles. The quantitative estimate of drug-likeness (QED) is 0.522. The molecule has 0 bridgehead atoms. The Balaban J connectivity index is 2.50. The fraction of sp³-hybridized carbons (Fsp3) is 0.500. The van der Waals surface area contributed by atoms with Gasteiger partial charge in [0.05, 0.1) is 18.8 Å². The lowest BCUT2D eigenvalue weighted by molar-refractivity contribution is 0.0271. The van der Waals surface area contributed by atoms with Crippen LogP contribution in [-0.2, 0) is 18.4 Å². The third-order valence-corrected chi connectivity index (χ3v) is 1.73. The van der Waals surface area contributed by atoms with Crippen molar-refractivity contribution in [1.29, 1.82) is 0 Å². The third kappa shape index (κ3) is 3.30. The summed E-state index contributed by atoms with van der Waals surface area (Å²) in [4.78, 5) is 15.3. The SMILES string of the molecule is Cn1nc(C(=O)O)cc1CNOCCF. The molecule has 0 saturated heterocycles. The van der Waals surface area contributed by atoms with E-state index in [1.807, 2.05) is 0 Å². The molecule has 0 amide bonds. The van der Waals surface area contributed by atoms with Gasteiger partial charge < -0.3 is 5.11 Å². The molecule has 0 radical (unpaired) electrons. The molecule has 15 heavy (non-hydrogen) atoms. The number of hydrogen-bond donors (Lipinski definition) is 2. The summed E-state index contributed by atoms with van der Waals surface area (Å²) < 4.78 is 13.1. The number of aryl methyl sites for hydroxylation is 1. The van der Waals surface area contributed by atoms with E-state index in [1.165, 1.54) is 10.7 Å². The maximum atomic E-state index is 11.6. The first-order valence-corrected chi connectivity index (χ1v) is 4.32. The van der Waals surface area contributed by atoms with Crippen LogP contribution in [0.1, 0.15) is 16.2 Å². The zero-order valence-corrected chi connectivity index (χ0v) is 8.23. The zero-order valence-electron chi connectivity index (χ0n) is 8.23. The molecule has 6 nitrogen and oxygen atoms in total. The second kappa shape index (κ2) is 5.42. The van der Waals surface area contributed by atoms with Gasteiger partial charge >= 0.3 is 5.97 Å².